The van der Waals surface area contributed by atoms with Gasteiger partial charge in [0.1, 0.15) is 10.8 Å². The molecule has 0 bridgehead atoms. The van der Waals surface area contributed by atoms with Gasteiger partial charge in [-0.25, -0.2) is 4.39 Å². The molecule has 0 aliphatic carbocycles. The Kier molecular flexibility index (Phi) is 6.84. The van der Waals surface area contributed by atoms with Crippen molar-refractivity contribution in [2.45, 2.75) is 33.5 Å². The maximum atomic E-state index is 13.4. The largest absolute Gasteiger partial charge is 0.346 e. The number of carbonyl (C=O) groups is 1. The summed E-state index contributed by atoms with van der Waals surface area (Å²) in [5.41, 5.74) is 3.13. The number of aryl methyl sites for hydroxylation is 1. The van der Waals surface area contributed by atoms with E-state index in [1.54, 1.807) is 6.07 Å². The number of aromatic nitrogens is 2. The average molecular weight is 399 g/mol. The van der Waals surface area contributed by atoms with E-state index in [2.05, 4.69) is 20.4 Å². The molecule has 3 aromatic rings. The first kappa shape index (κ1) is 20.1. The Labute approximate surface area is 168 Å². The van der Waals surface area contributed by atoms with Crippen LogP contribution in [0.25, 0.3) is 0 Å². The zero-order valence-electron chi connectivity index (χ0n) is 16.0. The molecule has 0 unspecified atom stereocenters. The maximum Gasteiger partial charge on any atom is 0.282 e. The first-order chi connectivity index (χ1) is 13.5. The van der Waals surface area contributed by atoms with Crippen molar-refractivity contribution in [2.75, 3.05) is 6.54 Å². The van der Waals surface area contributed by atoms with E-state index in [1.165, 1.54) is 29.0 Å². The number of carbonyl (C=O) groups excluding carboxylic acids is 1. The van der Waals surface area contributed by atoms with E-state index in [4.69, 9.17) is 0 Å². The average Bonchev–Trinajstić information content (AvgIpc) is 3.15. The molecule has 0 aliphatic heterocycles. The molecule has 0 atom stereocenters. The summed E-state index contributed by atoms with van der Waals surface area (Å²) in [7, 11) is 0. The fourth-order valence-corrected chi connectivity index (χ4v) is 3.54. The van der Waals surface area contributed by atoms with Crippen molar-refractivity contribution in [3.05, 3.63) is 81.1 Å². The number of nitrogens with one attached hydrogen (secondary N) is 1. The molecule has 146 valence electrons. The maximum absolute atomic E-state index is 13.4. The fraction of sp³-hybridized carbons (Fsp3) is 0.286. The lowest BCUT2D eigenvalue weighted by molar-refractivity contribution is 0.0950. The summed E-state index contributed by atoms with van der Waals surface area (Å²) in [5.74, 6) is -0.463. The lowest BCUT2D eigenvalue weighted by atomic mass is 10.1. The molecule has 1 amide bonds. The molecule has 1 heterocycles. The van der Waals surface area contributed by atoms with Crippen LogP contribution in [0.3, 0.4) is 0 Å². The third-order valence-corrected chi connectivity index (χ3v) is 5.24. The number of nitrogens with zero attached hydrogens (tertiary/aromatic N) is 3. The van der Waals surface area contributed by atoms with Gasteiger partial charge < -0.3 is 5.32 Å². The summed E-state index contributed by atoms with van der Waals surface area (Å²) in [6.45, 7) is 6.48. The Bertz CT molecular complexity index is 926. The molecular formula is C21H23FN4OS. The van der Waals surface area contributed by atoms with Crippen molar-refractivity contribution in [2.24, 2.45) is 0 Å². The highest BCUT2D eigenvalue weighted by Crippen LogP contribution is 2.15. The van der Waals surface area contributed by atoms with Gasteiger partial charge in [0.05, 0.1) is 6.54 Å². The van der Waals surface area contributed by atoms with Crippen LogP contribution < -0.4 is 5.32 Å². The minimum atomic E-state index is -0.239. The molecule has 0 fully saturated rings. The molecule has 7 heteroatoms. The Balaban J connectivity index is 1.56. The molecule has 0 radical (unpaired) electrons. The van der Waals surface area contributed by atoms with Crippen molar-refractivity contribution < 1.29 is 9.18 Å². The Hall–Kier alpha value is -2.64. The van der Waals surface area contributed by atoms with Crippen LogP contribution in [0.15, 0.2) is 48.5 Å². The molecule has 0 saturated carbocycles. The Morgan fingerprint density at radius 3 is 2.61 bits per heavy atom. The van der Waals surface area contributed by atoms with Gasteiger partial charge in [0.2, 0.25) is 5.01 Å². The van der Waals surface area contributed by atoms with Crippen LogP contribution >= 0.6 is 11.3 Å². The highest BCUT2D eigenvalue weighted by molar-refractivity contribution is 7.13. The van der Waals surface area contributed by atoms with Crippen LogP contribution in [0.4, 0.5) is 4.39 Å². The van der Waals surface area contributed by atoms with E-state index in [9.17, 15) is 9.18 Å². The van der Waals surface area contributed by atoms with E-state index in [0.29, 0.717) is 24.6 Å². The molecule has 0 saturated heterocycles. The van der Waals surface area contributed by atoms with Crippen molar-refractivity contribution in [1.29, 1.82) is 0 Å². The van der Waals surface area contributed by atoms with Crippen LogP contribution in [0, 0.1) is 12.7 Å². The van der Waals surface area contributed by atoms with Crippen LogP contribution in [0.2, 0.25) is 0 Å². The van der Waals surface area contributed by atoms with Crippen molar-refractivity contribution in [3.63, 3.8) is 0 Å². The Morgan fingerprint density at radius 1 is 1.11 bits per heavy atom. The Morgan fingerprint density at radius 2 is 1.89 bits per heavy atom. The van der Waals surface area contributed by atoms with Gasteiger partial charge in [0, 0.05) is 13.1 Å². The summed E-state index contributed by atoms with van der Waals surface area (Å²) < 4.78 is 13.4. The van der Waals surface area contributed by atoms with Crippen LogP contribution in [0.5, 0.6) is 0 Å². The second kappa shape index (κ2) is 9.52. The van der Waals surface area contributed by atoms with Gasteiger partial charge in [-0.3, -0.25) is 9.69 Å². The minimum Gasteiger partial charge on any atom is -0.346 e. The van der Waals surface area contributed by atoms with E-state index >= 15 is 0 Å². The number of halogens is 1. The fourth-order valence-electron chi connectivity index (χ4n) is 2.74. The second-order valence-corrected chi connectivity index (χ2v) is 7.66. The zero-order valence-corrected chi connectivity index (χ0v) is 16.8. The van der Waals surface area contributed by atoms with E-state index in [0.717, 1.165) is 22.7 Å². The first-order valence-electron chi connectivity index (χ1n) is 9.16. The van der Waals surface area contributed by atoms with Crippen LogP contribution in [-0.4, -0.2) is 27.5 Å². The summed E-state index contributed by atoms with van der Waals surface area (Å²) in [6, 6.07) is 14.6. The number of hydrogen-bond donors (Lipinski definition) is 1. The lowest BCUT2D eigenvalue weighted by Gasteiger charge is -2.18. The van der Waals surface area contributed by atoms with Crippen molar-refractivity contribution in [1.82, 2.24) is 20.4 Å². The van der Waals surface area contributed by atoms with E-state index in [-0.39, 0.29) is 11.7 Å². The highest BCUT2D eigenvalue weighted by Gasteiger charge is 2.15. The van der Waals surface area contributed by atoms with Gasteiger partial charge in [-0.05, 0) is 36.7 Å². The number of benzene rings is 2. The minimum absolute atomic E-state index is 0.225. The molecule has 28 heavy (non-hydrogen) atoms. The van der Waals surface area contributed by atoms with Crippen LogP contribution in [-0.2, 0) is 19.6 Å². The van der Waals surface area contributed by atoms with Gasteiger partial charge in [0.25, 0.3) is 5.91 Å². The smallest absolute Gasteiger partial charge is 0.282 e. The van der Waals surface area contributed by atoms with Crippen LogP contribution in [0.1, 0.15) is 38.4 Å². The SMILES string of the molecule is CCN(Cc1cccc(F)c1)Cc1nnc(C(=O)NCc2ccc(C)cc2)s1. The van der Waals surface area contributed by atoms with E-state index < -0.39 is 0 Å². The summed E-state index contributed by atoms with van der Waals surface area (Å²) >= 11 is 1.29. The topological polar surface area (TPSA) is 58.1 Å². The number of amides is 1. The third kappa shape index (κ3) is 5.68. The molecule has 0 aliphatic rings. The monoisotopic (exact) mass is 398 g/mol. The van der Waals surface area contributed by atoms with Gasteiger partial charge in [-0.2, -0.15) is 0 Å². The normalized spacial score (nSPS) is 11.0. The van der Waals surface area contributed by atoms with Gasteiger partial charge in [-0.15, -0.1) is 10.2 Å². The summed E-state index contributed by atoms with van der Waals surface area (Å²) in [4.78, 5) is 14.5. The number of rotatable bonds is 8. The standard InChI is InChI=1S/C21H23FN4OS/c1-3-26(13-17-5-4-6-18(22)11-17)14-19-24-25-21(28-19)20(27)23-12-16-9-7-15(2)8-10-16/h4-11H,3,12-14H2,1-2H3,(H,23,27). The quantitative estimate of drug-likeness (QED) is 0.624. The predicted octanol–water partition coefficient (Wildman–Crippen LogP) is 3.94. The summed E-state index contributed by atoms with van der Waals surface area (Å²) in [6.07, 6.45) is 0. The molecule has 1 N–H and O–H groups in total. The molecular weight excluding hydrogens is 375 g/mol. The number of hydrogen-bond acceptors (Lipinski definition) is 5. The van der Waals surface area contributed by atoms with Gasteiger partial charge in [0.15, 0.2) is 0 Å². The molecule has 1 aromatic heterocycles. The highest BCUT2D eigenvalue weighted by atomic mass is 32.1. The van der Waals surface area contributed by atoms with Gasteiger partial charge >= 0.3 is 0 Å². The molecule has 0 spiro atoms. The molecule has 5 nitrogen and oxygen atoms in total. The second-order valence-electron chi connectivity index (χ2n) is 6.60. The zero-order chi connectivity index (χ0) is 19.9. The molecule has 2 aromatic carbocycles. The lowest BCUT2D eigenvalue weighted by Crippen LogP contribution is -2.22. The van der Waals surface area contributed by atoms with Crippen molar-refractivity contribution in [3.8, 4) is 0 Å². The van der Waals surface area contributed by atoms with Gasteiger partial charge in [-0.1, -0.05) is 60.2 Å². The summed E-state index contributed by atoms with van der Waals surface area (Å²) in [5, 5.41) is 12.2. The van der Waals surface area contributed by atoms with E-state index in [1.807, 2.05) is 44.2 Å². The van der Waals surface area contributed by atoms with Crippen molar-refractivity contribution >= 4 is 17.2 Å². The predicted molar refractivity (Wildman–Crippen MR) is 108 cm³/mol. The third-order valence-electron chi connectivity index (χ3n) is 4.34. The molecule has 3 rings (SSSR count). The first-order valence-corrected chi connectivity index (χ1v) is 9.98.